The fraction of sp³-hybridized carbons (Fsp3) is 0.548. The number of carbonyl (C=O) groups is 2. The van der Waals surface area contributed by atoms with E-state index in [4.69, 9.17) is 9.47 Å². The summed E-state index contributed by atoms with van der Waals surface area (Å²) in [6.45, 7) is 8.13. The van der Waals surface area contributed by atoms with Gasteiger partial charge in [-0.2, -0.15) is 0 Å². The van der Waals surface area contributed by atoms with Crippen LogP contribution in [0.4, 0.5) is 9.59 Å². The summed E-state index contributed by atoms with van der Waals surface area (Å²) in [6.07, 6.45) is 9.17. The Hall–Kier alpha value is -3.02. The Morgan fingerprint density at radius 1 is 0.622 bits per heavy atom. The topological polar surface area (TPSA) is 76.7 Å². The largest absolute Gasteiger partial charge is 0.412 e. The second kappa shape index (κ2) is 12.5. The molecule has 37 heavy (non-hydrogen) atoms. The number of carbonyl (C=O) groups excluding carboxylic acids is 2. The van der Waals surface area contributed by atoms with Gasteiger partial charge in [-0.05, 0) is 144 Å². The Morgan fingerprint density at radius 3 is 1.35 bits per heavy atom. The molecule has 0 heterocycles. The lowest BCUT2D eigenvalue weighted by Crippen LogP contribution is -2.40. The molecule has 2 fully saturated rings. The van der Waals surface area contributed by atoms with Gasteiger partial charge in [0.25, 0.3) is 0 Å². The first kappa shape index (κ1) is 27.0. The van der Waals surface area contributed by atoms with E-state index < -0.39 is 0 Å². The van der Waals surface area contributed by atoms with E-state index in [-0.39, 0.29) is 24.3 Å². The van der Waals surface area contributed by atoms with Crippen LogP contribution in [0.5, 0.6) is 11.5 Å². The van der Waals surface area contributed by atoms with Gasteiger partial charge in [0.1, 0.15) is 11.5 Å². The van der Waals surface area contributed by atoms with Crippen molar-refractivity contribution in [3.63, 3.8) is 0 Å². The normalized spacial score (nSPS) is 23.7. The summed E-state index contributed by atoms with van der Waals surface area (Å²) in [4.78, 5) is 24.7. The summed E-state index contributed by atoms with van der Waals surface area (Å²) in [5.74, 6) is 2.63. The van der Waals surface area contributed by atoms with Gasteiger partial charge in [-0.25, -0.2) is 9.59 Å². The first-order valence-corrected chi connectivity index (χ1v) is 13.9. The second-order valence-corrected chi connectivity index (χ2v) is 11.2. The summed E-state index contributed by atoms with van der Waals surface area (Å²) in [5, 5.41) is 6.12. The van der Waals surface area contributed by atoms with E-state index in [1.165, 1.54) is 17.5 Å². The Bertz CT molecular complexity index is 997. The van der Waals surface area contributed by atoms with E-state index in [1.54, 1.807) is 0 Å². The molecular formula is C31H42N2O4. The van der Waals surface area contributed by atoms with Crippen LogP contribution in [0, 0.1) is 39.5 Å². The molecule has 0 radical (unpaired) electrons. The molecule has 0 aromatic heterocycles. The van der Waals surface area contributed by atoms with E-state index in [0.717, 1.165) is 74.3 Å². The number of hydrogen-bond acceptors (Lipinski definition) is 4. The molecule has 0 spiro atoms. The predicted molar refractivity (Wildman–Crippen MR) is 146 cm³/mol. The molecule has 0 unspecified atom stereocenters. The van der Waals surface area contributed by atoms with Crippen molar-refractivity contribution in [3.8, 4) is 11.5 Å². The first-order valence-electron chi connectivity index (χ1n) is 13.9. The zero-order chi connectivity index (χ0) is 26.4. The van der Waals surface area contributed by atoms with Gasteiger partial charge in [-0.3, -0.25) is 0 Å². The Labute approximate surface area is 221 Å². The summed E-state index contributed by atoms with van der Waals surface area (Å²) in [5.41, 5.74) is 4.61. The third-order valence-corrected chi connectivity index (χ3v) is 8.38. The number of benzene rings is 2. The Morgan fingerprint density at radius 2 is 1.00 bits per heavy atom. The lowest BCUT2D eigenvalue weighted by Gasteiger charge is -2.34. The quantitative estimate of drug-likeness (QED) is 0.431. The molecule has 0 saturated heterocycles. The smallest absolute Gasteiger partial charge is 0.410 e. The van der Waals surface area contributed by atoms with Gasteiger partial charge in [0.05, 0.1) is 0 Å². The van der Waals surface area contributed by atoms with Crippen LogP contribution in [0.25, 0.3) is 0 Å². The molecular weight excluding hydrogens is 464 g/mol. The van der Waals surface area contributed by atoms with Crippen molar-refractivity contribution >= 4 is 12.2 Å². The lowest BCUT2D eigenvalue weighted by atomic mass is 9.76. The van der Waals surface area contributed by atoms with Crippen molar-refractivity contribution in [2.45, 2.75) is 97.6 Å². The van der Waals surface area contributed by atoms with Crippen LogP contribution in [0.3, 0.4) is 0 Å². The number of ether oxygens (including phenoxy) is 2. The summed E-state index contributed by atoms with van der Waals surface area (Å²) in [6, 6.07) is 11.8. The summed E-state index contributed by atoms with van der Waals surface area (Å²) in [7, 11) is 0. The van der Waals surface area contributed by atoms with Crippen molar-refractivity contribution in [2.24, 2.45) is 11.8 Å². The van der Waals surface area contributed by atoms with E-state index in [2.05, 4.69) is 10.6 Å². The molecule has 4 rings (SSSR count). The molecule has 0 aliphatic heterocycles. The molecule has 2 aromatic rings. The average Bonchev–Trinajstić information content (AvgIpc) is 2.86. The van der Waals surface area contributed by atoms with E-state index in [0.29, 0.717) is 11.5 Å². The molecule has 2 aliphatic rings. The maximum Gasteiger partial charge on any atom is 0.412 e. The number of nitrogens with one attached hydrogen (secondary N) is 2. The number of amides is 2. The van der Waals surface area contributed by atoms with Crippen molar-refractivity contribution in [1.82, 2.24) is 10.6 Å². The summed E-state index contributed by atoms with van der Waals surface area (Å²) < 4.78 is 11.0. The number of rotatable bonds is 6. The highest BCUT2D eigenvalue weighted by Crippen LogP contribution is 2.35. The van der Waals surface area contributed by atoms with Crippen LogP contribution in [-0.4, -0.2) is 24.3 Å². The summed E-state index contributed by atoms with van der Waals surface area (Å²) >= 11 is 0. The third-order valence-electron chi connectivity index (χ3n) is 8.38. The van der Waals surface area contributed by atoms with Crippen molar-refractivity contribution in [3.05, 3.63) is 58.7 Å². The van der Waals surface area contributed by atoms with Crippen LogP contribution < -0.4 is 20.1 Å². The van der Waals surface area contributed by atoms with Gasteiger partial charge < -0.3 is 20.1 Å². The molecule has 2 amide bonds. The fourth-order valence-corrected chi connectivity index (χ4v) is 5.72. The SMILES string of the molecule is Cc1ccc(OC(=O)NC2CCC(CC3CCC(NC(=O)Oc4ccc(C)c(C)c4)CC3)CC2)cc1C. The number of aryl methyl sites for hydroxylation is 4. The molecule has 2 aliphatic carbocycles. The van der Waals surface area contributed by atoms with Gasteiger partial charge in [0.15, 0.2) is 0 Å². The minimum Gasteiger partial charge on any atom is -0.410 e. The van der Waals surface area contributed by atoms with E-state index in [9.17, 15) is 9.59 Å². The molecule has 6 nitrogen and oxygen atoms in total. The zero-order valence-electron chi connectivity index (χ0n) is 22.8. The highest BCUT2D eigenvalue weighted by atomic mass is 16.6. The number of hydrogen-bond donors (Lipinski definition) is 2. The maximum atomic E-state index is 12.3. The second-order valence-electron chi connectivity index (χ2n) is 11.2. The third kappa shape index (κ3) is 7.98. The average molecular weight is 507 g/mol. The van der Waals surface area contributed by atoms with Crippen LogP contribution in [0.1, 0.15) is 80.0 Å². The molecule has 200 valence electrons. The van der Waals surface area contributed by atoms with Gasteiger partial charge in [-0.15, -0.1) is 0 Å². The Balaban J connectivity index is 1.11. The maximum absolute atomic E-state index is 12.3. The predicted octanol–water partition coefficient (Wildman–Crippen LogP) is 7.30. The van der Waals surface area contributed by atoms with E-state index in [1.807, 2.05) is 64.1 Å². The molecule has 2 N–H and O–H groups in total. The van der Waals surface area contributed by atoms with Gasteiger partial charge in [-0.1, -0.05) is 12.1 Å². The van der Waals surface area contributed by atoms with Gasteiger partial charge in [0, 0.05) is 12.1 Å². The van der Waals surface area contributed by atoms with Crippen molar-refractivity contribution in [1.29, 1.82) is 0 Å². The van der Waals surface area contributed by atoms with Gasteiger partial charge >= 0.3 is 12.2 Å². The lowest BCUT2D eigenvalue weighted by molar-refractivity contribution is 0.175. The zero-order valence-corrected chi connectivity index (χ0v) is 22.8. The highest BCUT2D eigenvalue weighted by Gasteiger charge is 2.28. The molecule has 0 bridgehead atoms. The fourth-order valence-electron chi connectivity index (χ4n) is 5.72. The minimum absolute atomic E-state index is 0.193. The van der Waals surface area contributed by atoms with Crippen LogP contribution >= 0.6 is 0 Å². The first-order chi connectivity index (χ1) is 17.7. The molecule has 0 atom stereocenters. The molecule has 2 saturated carbocycles. The Kier molecular flexibility index (Phi) is 9.12. The standard InChI is InChI=1S/C31H42N2O4/c1-20-5-15-28(17-22(20)3)36-30(34)32-26-11-7-24(8-12-26)19-25-9-13-27(14-10-25)33-31(35)37-29-16-6-21(2)23(4)18-29/h5-6,15-18,24-27H,7-14,19H2,1-4H3,(H,32,34)(H,33,35). The van der Waals surface area contributed by atoms with Crippen molar-refractivity contribution in [2.75, 3.05) is 0 Å². The molecule has 2 aromatic carbocycles. The van der Waals surface area contributed by atoms with Crippen LogP contribution in [0.2, 0.25) is 0 Å². The van der Waals surface area contributed by atoms with Crippen LogP contribution in [0.15, 0.2) is 36.4 Å². The van der Waals surface area contributed by atoms with Gasteiger partial charge in [0.2, 0.25) is 0 Å². The highest BCUT2D eigenvalue weighted by molar-refractivity contribution is 5.71. The monoisotopic (exact) mass is 506 g/mol. The van der Waals surface area contributed by atoms with Crippen LogP contribution in [-0.2, 0) is 0 Å². The van der Waals surface area contributed by atoms with Crippen molar-refractivity contribution < 1.29 is 19.1 Å². The minimum atomic E-state index is -0.353. The molecule has 6 heteroatoms. The van der Waals surface area contributed by atoms with E-state index >= 15 is 0 Å².